The van der Waals surface area contributed by atoms with Crippen molar-refractivity contribution in [3.05, 3.63) is 82.6 Å². The summed E-state index contributed by atoms with van der Waals surface area (Å²) in [5, 5.41) is 5.15. The van der Waals surface area contributed by atoms with Crippen LogP contribution in [0.1, 0.15) is 16.9 Å². The fourth-order valence-electron chi connectivity index (χ4n) is 3.69. The number of hydrogen-bond donors (Lipinski definition) is 1. The van der Waals surface area contributed by atoms with Gasteiger partial charge in [-0.05, 0) is 47.2 Å². The largest absolute Gasteiger partial charge is 0.379 e. The third kappa shape index (κ3) is 6.14. The maximum absolute atomic E-state index is 13.1. The van der Waals surface area contributed by atoms with Gasteiger partial charge >= 0.3 is 0 Å². The average Bonchev–Trinajstić information content (AvgIpc) is 3.35. The van der Waals surface area contributed by atoms with Crippen molar-refractivity contribution >= 4 is 28.9 Å². The molecule has 1 amide bonds. The van der Waals surface area contributed by atoms with E-state index in [0.717, 1.165) is 55.3 Å². The summed E-state index contributed by atoms with van der Waals surface area (Å²) in [5.41, 5.74) is 3.95. The van der Waals surface area contributed by atoms with Crippen LogP contribution in [-0.2, 0) is 9.53 Å². The quantitative estimate of drug-likeness (QED) is 0.411. The highest BCUT2D eigenvalue weighted by Gasteiger charge is 2.14. The second kappa shape index (κ2) is 11.0. The Bertz CT molecular complexity index is 976. The molecule has 0 aliphatic carbocycles. The van der Waals surface area contributed by atoms with Crippen LogP contribution in [0.25, 0.3) is 22.8 Å². The molecular formula is C26H28N2O2S. The highest BCUT2D eigenvalue weighted by atomic mass is 32.1. The van der Waals surface area contributed by atoms with Crippen molar-refractivity contribution in [2.45, 2.75) is 6.42 Å². The number of morpholine rings is 1. The number of hydrogen-bond acceptors (Lipinski definition) is 4. The van der Waals surface area contributed by atoms with E-state index in [2.05, 4.69) is 34.5 Å². The Morgan fingerprint density at radius 3 is 2.42 bits per heavy atom. The molecule has 1 saturated heterocycles. The van der Waals surface area contributed by atoms with Crippen molar-refractivity contribution in [1.82, 2.24) is 10.2 Å². The molecule has 0 radical (unpaired) electrons. The molecule has 4 rings (SSSR count). The summed E-state index contributed by atoms with van der Waals surface area (Å²) in [6.07, 6.45) is 2.92. The number of carbonyl (C=O) groups is 1. The zero-order chi connectivity index (χ0) is 21.3. The number of ether oxygens (including phenoxy) is 1. The summed E-state index contributed by atoms with van der Waals surface area (Å²) < 4.78 is 5.39. The minimum Gasteiger partial charge on any atom is -0.379 e. The Morgan fingerprint density at radius 1 is 0.968 bits per heavy atom. The number of carbonyl (C=O) groups excluding carboxylic acids is 1. The highest BCUT2D eigenvalue weighted by molar-refractivity contribution is 7.11. The molecule has 1 aromatic heterocycles. The number of rotatable bonds is 8. The van der Waals surface area contributed by atoms with Gasteiger partial charge in [-0.1, -0.05) is 60.7 Å². The topological polar surface area (TPSA) is 41.6 Å². The average molecular weight is 433 g/mol. The van der Waals surface area contributed by atoms with Crippen LogP contribution in [-0.4, -0.2) is 50.2 Å². The second-order valence-corrected chi connectivity index (χ2v) is 8.56. The van der Waals surface area contributed by atoms with E-state index >= 15 is 0 Å². The molecule has 0 spiro atoms. The number of thiophene rings is 1. The molecule has 1 fully saturated rings. The first-order chi connectivity index (χ1) is 15.3. The molecule has 5 heteroatoms. The summed E-state index contributed by atoms with van der Waals surface area (Å²) in [5.74, 6) is -0.0251. The SMILES string of the molecule is O=C(NCCCN1CCOCC1)/C(=C\c1cccs1)c1ccc(-c2ccccc2)cc1. The molecule has 1 N–H and O–H groups in total. The minimum atomic E-state index is -0.0251. The van der Waals surface area contributed by atoms with E-state index in [1.807, 2.05) is 53.9 Å². The number of amides is 1. The number of nitrogens with one attached hydrogen (secondary N) is 1. The Labute approximate surface area is 188 Å². The van der Waals surface area contributed by atoms with Crippen molar-refractivity contribution in [3.63, 3.8) is 0 Å². The molecule has 31 heavy (non-hydrogen) atoms. The van der Waals surface area contributed by atoms with Crippen molar-refractivity contribution in [1.29, 1.82) is 0 Å². The van der Waals surface area contributed by atoms with Crippen LogP contribution in [0.15, 0.2) is 72.1 Å². The van der Waals surface area contributed by atoms with Gasteiger partial charge in [0.2, 0.25) is 0 Å². The van der Waals surface area contributed by atoms with Crippen LogP contribution in [0.2, 0.25) is 0 Å². The molecule has 2 aromatic carbocycles. The third-order valence-corrected chi connectivity index (χ3v) is 6.24. The van der Waals surface area contributed by atoms with Crippen LogP contribution < -0.4 is 5.32 Å². The number of benzene rings is 2. The first-order valence-electron chi connectivity index (χ1n) is 10.8. The smallest absolute Gasteiger partial charge is 0.251 e. The highest BCUT2D eigenvalue weighted by Crippen LogP contribution is 2.25. The third-order valence-electron chi connectivity index (χ3n) is 5.42. The Balaban J connectivity index is 1.43. The first-order valence-corrected chi connectivity index (χ1v) is 11.7. The van der Waals surface area contributed by atoms with Crippen LogP contribution in [0.5, 0.6) is 0 Å². The van der Waals surface area contributed by atoms with E-state index in [-0.39, 0.29) is 5.91 Å². The van der Waals surface area contributed by atoms with Gasteiger partial charge in [0.25, 0.3) is 5.91 Å². The second-order valence-electron chi connectivity index (χ2n) is 7.58. The van der Waals surface area contributed by atoms with Gasteiger partial charge in [0, 0.05) is 30.1 Å². The van der Waals surface area contributed by atoms with Gasteiger partial charge in [0.15, 0.2) is 0 Å². The van der Waals surface area contributed by atoms with Crippen molar-refractivity contribution in [3.8, 4) is 11.1 Å². The van der Waals surface area contributed by atoms with Gasteiger partial charge in [0.1, 0.15) is 0 Å². The van der Waals surface area contributed by atoms with E-state index < -0.39 is 0 Å². The van der Waals surface area contributed by atoms with Gasteiger partial charge in [-0.2, -0.15) is 0 Å². The van der Waals surface area contributed by atoms with Gasteiger partial charge in [-0.3, -0.25) is 9.69 Å². The van der Waals surface area contributed by atoms with E-state index in [1.54, 1.807) is 11.3 Å². The van der Waals surface area contributed by atoms with Gasteiger partial charge in [0.05, 0.1) is 13.2 Å². The lowest BCUT2D eigenvalue weighted by Crippen LogP contribution is -2.38. The van der Waals surface area contributed by atoms with Crippen LogP contribution in [0.3, 0.4) is 0 Å². The maximum Gasteiger partial charge on any atom is 0.251 e. The van der Waals surface area contributed by atoms with Crippen molar-refractivity contribution in [2.75, 3.05) is 39.4 Å². The van der Waals surface area contributed by atoms with Gasteiger partial charge in [-0.15, -0.1) is 11.3 Å². The Morgan fingerprint density at radius 2 is 1.71 bits per heavy atom. The normalized spacial score (nSPS) is 15.0. The fourth-order valence-corrected chi connectivity index (χ4v) is 4.35. The fraction of sp³-hybridized carbons (Fsp3) is 0.269. The van der Waals surface area contributed by atoms with Crippen LogP contribution in [0, 0.1) is 0 Å². The van der Waals surface area contributed by atoms with Crippen LogP contribution >= 0.6 is 11.3 Å². The van der Waals surface area contributed by atoms with Crippen molar-refractivity contribution in [2.24, 2.45) is 0 Å². The molecule has 4 nitrogen and oxygen atoms in total. The summed E-state index contributed by atoms with van der Waals surface area (Å²) in [6, 6.07) is 22.6. The predicted molar refractivity (Wildman–Crippen MR) is 129 cm³/mol. The van der Waals surface area contributed by atoms with E-state index in [4.69, 9.17) is 4.74 Å². The Hall–Kier alpha value is -2.73. The lowest BCUT2D eigenvalue weighted by Gasteiger charge is -2.26. The summed E-state index contributed by atoms with van der Waals surface area (Å²) in [4.78, 5) is 16.5. The minimum absolute atomic E-state index is 0.0251. The molecule has 2 heterocycles. The molecule has 0 unspecified atom stereocenters. The molecular weight excluding hydrogens is 404 g/mol. The predicted octanol–water partition coefficient (Wildman–Crippen LogP) is 4.79. The summed E-state index contributed by atoms with van der Waals surface area (Å²) in [6.45, 7) is 5.22. The molecule has 1 aliphatic heterocycles. The zero-order valence-corrected chi connectivity index (χ0v) is 18.4. The summed E-state index contributed by atoms with van der Waals surface area (Å²) >= 11 is 1.64. The standard InChI is InChI=1S/C26H28N2O2S/c29-26(27-13-5-14-28-15-17-30-18-16-28)25(20-24-8-4-19-31-24)23-11-9-22(10-12-23)21-6-2-1-3-7-21/h1-4,6-12,19-20H,5,13-18H2,(H,27,29)/b25-20-. The van der Waals surface area contributed by atoms with Gasteiger partial charge < -0.3 is 10.1 Å². The first kappa shape index (κ1) is 21.5. The van der Waals surface area contributed by atoms with E-state index in [9.17, 15) is 4.79 Å². The lowest BCUT2D eigenvalue weighted by atomic mass is 9.99. The molecule has 0 bridgehead atoms. The zero-order valence-electron chi connectivity index (χ0n) is 17.6. The maximum atomic E-state index is 13.1. The summed E-state index contributed by atoms with van der Waals surface area (Å²) in [7, 11) is 0. The Kier molecular flexibility index (Phi) is 7.66. The molecule has 160 valence electrons. The van der Waals surface area contributed by atoms with E-state index in [1.165, 1.54) is 5.56 Å². The van der Waals surface area contributed by atoms with Gasteiger partial charge in [-0.25, -0.2) is 0 Å². The van der Waals surface area contributed by atoms with E-state index in [0.29, 0.717) is 12.1 Å². The molecule has 0 saturated carbocycles. The molecule has 1 aliphatic rings. The lowest BCUT2D eigenvalue weighted by molar-refractivity contribution is -0.115. The molecule has 0 atom stereocenters. The van der Waals surface area contributed by atoms with Crippen LogP contribution in [0.4, 0.5) is 0 Å². The molecule has 3 aromatic rings. The monoisotopic (exact) mass is 432 g/mol. The number of nitrogens with zero attached hydrogens (tertiary/aromatic N) is 1. The van der Waals surface area contributed by atoms with Crippen molar-refractivity contribution < 1.29 is 9.53 Å².